The maximum absolute atomic E-state index is 14.0. The molecule has 0 spiro atoms. The Morgan fingerprint density at radius 2 is 1.45 bits per heavy atom. The Hall–Kier alpha value is -9.48. The van der Waals surface area contributed by atoms with Crippen molar-refractivity contribution in [2.45, 2.75) is 142 Å². The van der Waals surface area contributed by atoms with Crippen LogP contribution in [-0.4, -0.2) is 128 Å². The molecule has 6 aromatic rings. The maximum Gasteiger partial charge on any atom is 0.407 e. The molecule has 1 saturated heterocycles. The third-order valence-electron chi connectivity index (χ3n) is 17.4. The number of hydrogen-bond acceptors (Lipinski definition) is 19. The van der Waals surface area contributed by atoms with Crippen molar-refractivity contribution in [3.05, 3.63) is 164 Å². The highest BCUT2D eigenvalue weighted by atomic mass is 16.7. The number of nitrogens with zero attached hydrogens (tertiary/aromatic N) is 3. The summed E-state index contributed by atoms with van der Waals surface area (Å²) in [5.41, 5.74) is 5.85. The Labute approximate surface area is 546 Å². The summed E-state index contributed by atoms with van der Waals surface area (Å²) in [6.07, 6.45) is 6.70. The highest BCUT2D eigenvalue weighted by Crippen LogP contribution is 2.45. The van der Waals surface area contributed by atoms with Gasteiger partial charge in [-0.05, 0) is 102 Å². The number of carbonyl (C=O) groups excluding carboxylic acids is 7. The number of nitrogens with one attached hydrogen (secondary N) is 4. The standard InChI is InChI=1S/C71H83N7O16/c1-6-77(37-38-91-78(51-21-10-9-11-22-51)60(81)27-12-7-8-17-33-73-62-63(65(84)64(62)83)75-50-30-34-72-35-31-50)68(85)49-20-18-19-47(39-49)41-61(82)89-42-48-28-29-58(93-70-45(3)44(2)66(92-46(4)79)67(94-70)69(86)88-5)57(40-48)76-59(80)32-36-74-71(87)90-43-56-54-25-15-13-23-52(54)53-24-14-16-26-55(53)56/h13-16,18-20,23-26,28-31,34-35,39-40,44-45,51,56,66-67,70,73H,6-12,17,21-22,27,32-33,36-38,41-43H2,1-5H3,(H,72,75)(H,74,87)(H,76,80)/t44-,45-,66+,67+,70-/m1/s1. The summed E-state index contributed by atoms with van der Waals surface area (Å²) in [5.74, 6) is -3.82. The van der Waals surface area contributed by atoms with Crippen molar-refractivity contribution in [3.8, 4) is 16.9 Å². The van der Waals surface area contributed by atoms with Gasteiger partial charge in [-0.15, -0.1) is 0 Å². The number of unbranched alkanes of at least 4 members (excludes halogenated alkanes) is 3. The summed E-state index contributed by atoms with van der Waals surface area (Å²) in [6.45, 7) is 7.61. The summed E-state index contributed by atoms with van der Waals surface area (Å²) in [4.78, 5) is 129. The smallest absolute Gasteiger partial charge is 0.407 e. The second kappa shape index (κ2) is 33.4. The monoisotopic (exact) mass is 1290 g/mol. The lowest BCUT2D eigenvalue weighted by atomic mass is 9.84. The molecule has 23 heteroatoms. The van der Waals surface area contributed by atoms with E-state index in [0.717, 1.165) is 73.6 Å². The zero-order chi connectivity index (χ0) is 66.7. The number of hydroxylamine groups is 2. The van der Waals surface area contributed by atoms with Gasteiger partial charge in [0.2, 0.25) is 18.1 Å². The first kappa shape index (κ1) is 68.9. The molecule has 23 nitrogen and oxygen atoms in total. The quantitative estimate of drug-likeness (QED) is 0.0104. The van der Waals surface area contributed by atoms with Crippen molar-refractivity contribution in [2.75, 3.05) is 62.5 Å². The number of benzene rings is 4. The number of hydrogen-bond donors (Lipinski definition) is 4. The Bertz CT molecular complexity index is 3650. The van der Waals surface area contributed by atoms with E-state index in [0.29, 0.717) is 48.3 Å². The Kier molecular flexibility index (Phi) is 24.5. The highest BCUT2D eigenvalue weighted by Gasteiger charge is 2.49. The molecule has 0 bridgehead atoms. The maximum atomic E-state index is 14.0. The minimum Gasteiger partial charge on any atom is -0.467 e. The fraction of sp³-hybridized carbons (Fsp3) is 0.437. The number of pyridine rings is 1. The van der Waals surface area contributed by atoms with Gasteiger partial charge in [0.05, 0.1) is 31.9 Å². The summed E-state index contributed by atoms with van der Waals surface area (Å²) in [7, 11) is 1.19. The zero-order valence-electron chi connectivity index (χ0n) is 53.8. The molecular formula is C71H83N7O16. The molecule has 5 atom stereocenters. The fourth-order valence-electron chi connectivity index (χ4n) is 12.2. The summed E-state index contributed by atoms with van der Waals surface area (Å²) < 4.78 is 34.5. The minimum atomic E-state index is -1.33. The van der Waals surface area contributed by atoms with Gasteiger partial charge in [-0.3, -0.25) is 43.4 Å². The van der Waals surface area contributed by atoms with Gasteiger partial charge in [-0.25, -0.2) is 14.7 Å². The summed E-state index contributed by atoms with van der Waals surface area (Å²) in [6, 6.07) is 30.8. The van der Waals surface area contributed by atoms with E-state index < -0.39 is 71.1 Å². The van der Waals surface area contributed by atoms with E-state index in [1.165, 1.54) is 19.1 Å². The third-order valence-corrected chi connectivity index (χ3v) is 17.4. The van der Waals surface area contributed by atoms with Crippen molar-refractivity contribution in [1.82, 2.24) is 20.3 Å². The summed E-state index contributed by atoms with van der Waals surface area (Å²) >= 11 is 0. The van der Waals surface area contributed by atoms with Crippen molar-refractivity contribution < 1.29 is 66.8 Å². The molecule has 4 N–H and O–H groups in total. The first-order chi connectivity index (χ1) is 45.5. The van der Waals surface area contributed by atoms with E-state index >= 15 is 0 Å². The molecule has 2 aliphatic carbocycles. The van der Waals surface area contributed by atoms with Gasteiger partial charge in [0.1, 0.15) is 36.4 Å². The average molecular weight is 1290 g/mol. The van der Waals surface area contributed by atoms with Gasteiger partial charge in [-0.2, -0.15) is 0 Å². The average Bonchev–Trinajstić information content (AvgIpc) is 1.21. The van der Waals surface area contributed by atoms with E-state index in [2.05, 4.69) is 26.3 Å². The number of amides is 4. The molecule has 0 unspecified atom stereocenters. The summed E-state index contributed by atoms with van der Waals surface area (Å²) in [5, 5.41) is 13.1. The van der Waals surface area contributed by atoms with Gasteiger partial charge in [-0.1, -0.05) is 113 Å². The van der Waals surface area contributed by atoms with Crippen molar-refractivity contribution in [1.29, 1.82) is 0 Å². The Morgan fingerprint density at radius 1 is 0.734 bits per heavy atom. The van der Waals surface area contributed by atoms with Crippen LogP contribution in [0.15, 0.2) is 125 Å². The molecule has 0 radical (unpaired) electrons. The number of methoxy groups -OCH3 is 1. The molecular weight excluding hydrogens is 1210 g/mol. The van der Waals surface area contributed by atoms with Gasteiger partial charge in [0, 0.05) is 87.3 Å². The molecule has 94 heavy (non-hydrogen) atoms. The van der Waals surface area contributed by atoms with Crippen LogP contribution in [-0.2, 0) is 65.5 Å². The van der Waals surface area contributed by atoms with Crippen LogP contribution in [0.1, 0.15) is 137 Å². The number of ether oxygens (including phenoxy) is 6. The highest BCUT2D eigenvalue weighted by molar-refractivity contribution is 5.95. The lowest BCUT2D eigenvalue weighted by Crippen LogP contribution is -2.55. The topological polar surface area (TPSA) is 286 Å². The molecule has 5 aromatic carbocycles. The number of likely N-dealkylation sites (N-methyl/N-ethyl adjacent to an activating group) is 1. The Morgan fingerprint density at radius 3 is 2.16 bits per heavy atom. The second-order valence-corrected chi connectivity index (χ2v) is 23.9. The van der Waals surface area contributed by atoms with Gasteiger partial charge >= 0.3 is 24.0 Å². The largest absolute Gasteiger partial charge is 0.467 e. The van der Waals surface area contributed by atoms with E-state index in [1.807, 2.05) is 55.5 Å². The molecule has 4 amide bonds. The number of rotatable bonds is 31. The first-order valence-electron chi connectivity index (χ1n) is 32.3. The predicted octanol–water partition coefficient (Wildman–Crippen LogP) is 9.67. The van der Waals surface area contributed by atoms with Crippen LogP contribution in [0.25, 0.3) is 11.1 Å². The molecule has 1 aliphatic heterocycles. The number of carbonyl (C=O) groups is 7. The third kappa shape index (κ3) is 17.8. The number of anilines is 4. The van der Waals surface area contributed by atoms with Crippen LogP contribution in [0, 0.1) is 11.8 Å². The molecule has 1 saturated carbocycles. The number of esters is 3. The SMILES string of the molecule is CCN(CCON(C(=O)CCCCCCNc1c(Nc2ccncc2)c(=O)c1=O)C1CCCCC1)C(=O)c1cccc(CC(=O)OCc2ccc(O[C@@H]3O[C@H](C(=O)OC)[C@@H](OC(C)=O)[C@H](C)[C@H]3C)c(NC(=O)CCNC(=O)OCC3c4ccccc4-c4ccccc43)c2)c1. The number of aromatic nitrogens is 1. The molecule has 2 fully saturated rings. The van der Waals surface area contributed by atoms with Crippen molar-refractivity contribution >= 4 is 64.5 Å². The predicted molar refractivity (Wildman–Crippen MR) is 350 cm³/mol. The first-order valence-corrected chi connectivity index (χ1v) is 32.3. The normalized spacial score (nSPS) is 17.6. The van der Waals surface area contributed by atoms with Gasteiger partial charge < -0.3 is 54.6 Å². The lowest BCUT2D eigenvalue weighted by molar-refractivity contribution is -0.243. The number of alkyl carbamates (subject to hydrolysis) is 1. The van der Waals surface area contributed by atoms with Crippen LogP contribution in [0.3, 0.4) is 0 Å². The van der Waals surface area contributed by atoms with E-state index in [-0.39, 0.29) is 92.3 Å². The van der Waals surface area contributed by atoms with E-state index in [9.17, 15) is 43.2 Å². The van der Waals surface area contributed by atoms with Crippen LogP contribution < -0.4 is 36.9 Å². The van der Waals surface area contributed by atoms with E-state index in [4.69, 9.17) is 33.3 Å². The van der Waals surface area contributed by atoms with Crippen LogP contribution in [0.5, 0.6) is 5.75 Å². The van der Waals surface area contributed by atoms with Crippen molar-refractivity contribution in [3.63, 3.8) is 0 Å². The molecule has 3 aliphatic rings. The molecule has 9 rings (SSSR count). The zero-order valence-corrected chi connectivity index (χ0v) is 53.8. The van der Waals surface area contributed by atoms with E-state index in [1.54, 1.807) is 85.7 Å². The van der Waals surface area contributed by atoms with Crippen molar-refractivity contribution in [2.24, 2.45) is 11.8 Å². The minimum absolute atomic E-state index is 0.0659. The lowest BCUT2D eigenvalue weighted by Gasteiger charge is -2.42. The van der Waals surface area contributed by atoms with Gasteiger partial charge in [0.15, 0.2) is 6.10 Å². The molecule has 498 valence electrons. The van der Waals surface area contributed by atoms with Crippen LogP contribution in [0.2, 0.25) is 0 Å². The second-order valence-electron chi connectivity index (χ2n) is 23.9. The van der Waals surface area contributed by atoms with Gasteiger partial charge in [0.25, 0.3) is 16.8 Å². The molecule has 2 heterocycles. The number of fused-ring (bicyclic) bond motifs is 3. The van der Waals surface area contributed by atoms with Crippen LogP contribution in [0.4, 0.5) is 27.5 Å². The Balaban J connectivity index is 0.765. The fourth-order valence-corrected chi connectivity index (χ4v) is 12.2. The van der Waals surface area contributed by atoms with Crippen LogP contribution >= 0.6 is 0 Å². The molecule has 1 aromatic heterocycles.